The summed E-state index contributed by atoms with van der Waals surface area (Å²) in [7, 11) is 0. The van der Waals surface area contributed by atoms with E-state index < -0.39 is 0 Å². The Morgan fingerprint density at radius 3 is 2.85 bits per heavy atom. The standard InChI is InChI=1S/C15H27N3OS/c1-5-18(7-8-19-6-2)14-17-12-10-15(3,4)9-11(16)13(12)20-14/h11H,5-10,16H2,1-4H3. The van der Waals surface area contributed by atoms with E-state index in [1.807, 2.05) is 6.92 Å². The van der Waals surface area contributed by atoms with Crippen molar-refractivity contribution in [2.45, 2.75) is 46.6 Å². The van der Waals surface area contributed by atoms with Crippen LogP contribution in [-0.2, 0) is 11.2 Å². The number of likely N-dealkylation sites (N-methyl/N-ethyl adjacent to an activating group) is 1. The smallest absolute Gasteiger partial charge is 0.185 e. The second-order valence-corrected chi connectivity index (χ2v) is 7.24. The first-order chi connectivity index (χ1) is 9.46. The van der Waals surface area contributed by atoms with E-state index in [0.29, 0.717) is 0 Å². The number of nitrogens with two attached hydrogens (primary N) is 1. The minimum Gasteiger partial charge on any atom is -0.380 e. The maximum atomic E-state index is 6.33. The fraction of sp³-hybridized carbons (Fsp3) is 0.800. The molecule has 1 aliphatic carbocycles. The number of rotatable bonds is 6. The number of hydrogen-bond acceptors (Lipinski definition) is 5. The summed E-state index contributed by atoms with van der Waals surface area (Å²) < 4.78 is 5.45. The SMILES string of the molecule is CCOCCN(CC)c1nc2c(s1)C(N)CC(C)(C)C2. The summed E-state index contributed by atoms with van der Waals surface area (Å²) in [6.07, 6.45) is 2.09. The van der Waals surface area contributed by atoms with Crippen LogP contribution in [0.15, 0.2) is 0 Å². The van der Waals surface area contributed by atoms with E-state index in [0.717, 1.165) is 44.3 Å². The zero-order chi connectivity index (χ0) is 14.8. The van der Waals surface area contributed by atoms with E-state index in [4.69, 9.17) is 15.5 Å². The lowest BCUT2D eigenvalue weighted by Gasteiger charge is -2.32. The fourth-order valence-corrected chi connectivity index (χ4v) is 4.00. The molecular formula is C15H27N3OS. The molecule has 114 valence electrons. The van der Waals surface area contributed by atoms with Gasteiger partial charge in [-0.3, -0.25) is 0 Å². The molecule has 2 N–H and O–H groups in total. The van der Waals surface area contributed by atoms with Crippen LogP contribution in [0.25, 0.3) is 0 Å². The van der Waals surface area contributed by atoms with Gasteiger partial charge in [-0.25, -0.2) is 4.98 Å². The molecular weight excluding hydrogens is 270 g/mol. The molecule has 0 fully saturated rings. The van der Waals surface area contributed by atoms with Crippen molar-refractivity contribution in [3.63, 3.8) is 0 Å². The number of hydrogen-bond donors (Lipinski definition) is 1. The number of anilines is 1. The molecule has 1 heterocycles. The molecule has 1 unspecified atom stereocenters. The monoisotopic (exact) mass is 297 g/mol. The Morgan fingerprint density at radius 2 is 2.20 bits per heavy atom. The van der Waals surface area contributed by atoms with Crippen LogP contribution in [-0.4, -0.2) is 31.3 Å². The Hall–Kier alpha value is -0.650. The summed E-state index contributed by atoms with van der Waals surface area (Å²) in [5.41, 5.74) is 7.80. The third kappa shape index (κ3) is 3.51. The van der Waals surface area contributed by atoms with Gasteiger partial charge in [0.05, 0.1) is 12.3 Å². The van der Waals surface area contributed by atoms with Gasteiger partial charge in [0, 0.05) is 30.6 Å². The Morgan fingerprint density at radius 1 is 1.45 bits per heavy atom. The third-order valence-electron chi connectivity index (χ3n) is 3.83. The second kappa shape index (κ2) is 6.41. The van der Waals surface area contributed by atoms with E-state index in [1.54, 1.807) is 11.3 Å². The molecule has 0 aromatic carbocycles. The van der Waals surface area contributed by atoms with Crippen LogP contribution >= 0.6 is 11.3 Å². The first-order valence-electron chi connectivity index (χ1n) is 7.54. The van der Waals surface area contributed by atoms with E-state index in [2.05, 4.69) is 25.7 Å². The van der Waals surface area contributed by atoms with E-state index >= 15 is 0 Å². The second-order valence-electron chi connectivity index (χ2n) is 6.24. The summed E-state index contributed by atoms with van der Waals surface area (Å²) in [5.74, 6) is 0. The lowest BCUT2D eigenvalue weighted by molar-refractivity contribution is 0.154. The molecule has 0 bridgehead atoms. The van der Waals surface area contributed by atoms with Crippen molar-refractivity contribution < 1.29 is 4.74 Å². The van der Waals surface area contributed by atoms with Gasteiger partial charge < -0.3 is 15.4 Å². The van der Waals surface area contributed by atoms with Gasteiger partial charge in [0.15, 0.2) is 5.13 Å². The summed E-state index contributed by atoms with van der Waals surface area (Å²) in [5, 5.41) is 1.10. The Labute approximate surface area is 126 Å². The van der Waals surface area contributed by atoms with Gasteiger partial charge >= 0.3 is 0 Å². The molecule has 0 saturated carbocycles. The maximum Gasteiger partial charge on any atom is 0.185 e. The molecule has 0 spiro atoms. The van der Waals surface area contributed by atoms with E-state index in [9.17, 15) is 0 Å². The molecule has 2 rings (SSSR count). The van der Waals surface area contributed by atoms with Crippen molar-refractivity contribution in [1.29, 1.82) is 0 Å². The van der Waals surface area contributed by atoms with Crippen LogP contribution in [0, 0.1) is 5.41 Å². The molecule has 1 atom stereocenters. The molecule has 1 aliphatic rings. The summed E-state index contributed by atoms with van der Waals surface area (Å²) in [6.45, 7) is 12.1. The number of aromatic nitrogens is 1. The number of thiazole rings is 1. The first-order valence-corrected chi connectivity index (χ1v) is 8.36. The van der Waals surface area contributed by atoms with Gasteiger partial charge in [0.25, 0.3) is 0 Å². The molecule has 0 amide bonds. The highest BCUT2D eigenvalue weighted by Crippen LogP contribution is 2.43. The lowest BCUT2D eigenvalue weighted by Crippen LogP contribution is -2.29. The third-order valence-corrected chi connectivity index (χ3v) is 5.12. The van der Waals surface area contributed by atoms with Crippen LogP contribution in [0.1, 0.15) is 50.7 Å². The average molecular weight is 297 g/mol. The minimum atomic E-state index is 0.144. The molecule has 0 aliphatic heterocycles. The molecule has 1 aromatic heterocycles. The highest BCUT2D eigenvalue weighted by molar-refractivity contribution is 7.15. The maximum absolute atomic E-state index is 6.33. The van der Waals surface area contributed by atoms with Gasteiger partial charge in [0.2, 0.25) is 0 Å². The average Bonchev–Trinajstić information content (AvgIpc) is 2.77. The largest absolute Gasteiger partial charge is 0.380 e. The van der Waals surface area contributed by atoms with Gasteiger partial charge in [-0.05, 0) is 32.1 Å². The van der Waals surface area contributed by atoms with Gasteiger partial charge in [-0.15, -0.1) is 0 Å². The van der Waals surface area contributed by atoms with Crippen molar-refractivity contribution in [1.82, 2.24) is 4.98 Å². The molecule has 1 aromatic rings. The fourth-order valence-electron chi connectivity index (χ4n) is 2.82. The zero-order valence-corrected chi connectivity index (χ0v) is 13.9. The highest BCUT2D eigenvalue weighted by atomic mass is 32.1. The highest BCUT2D eigenvalue weighted by Gasteiger charge is 2.33. The summed E-state index contributed by atoms with van der Waals surface area (Å²) in [4.78, 5) is 8.43. The number of nitrogens with zero attached hydrogens (tertiary/aromatic N) is 2. The van der Waals surface area contributed by atoms with Gasteiger partial charge in [-0.2, -0.15) is 0 Å². The minimum absolute atomic E-state index is 0.144. The summed E-state index contributed by atoms with van der Waals surface area (Å²) in [6, 6.07) is 0.144. The topological polar surface area (TPSA) is 51.4 Å². The quantitative estimate of drug-likeness (QED) is 0.820. The Bertz CT molecular complexity index is 444. The molecule has 4 nitrogen and oxygen atoms in total. The van der Waals surface area contributed by atoms with Crippen molar-refractivity contribution in [3.8, 4) is 0 Å². The molecule has 20 heavy (non-hydrogen) atoms. The van der Waals surface area contributed by atoms with Gasteiger partial charge in [0.1, 0.15) is 0 Å². The van der Waals surface area contributed by atoms with Crippen LogP contribution in [0.4, 0.5) is 5.13 Å². The molecule has 0 radical (unpaired) electrons. The van der Waals surface area contributed by atoms with Gasteiger partial charge in [-0.1, -0.05) is 25.2 Å². The van der Waals surface area contributed by atoms with Crippen molar-refractivity contribution in [2.75, 3.05) is 31.2 Å². The Kier molecular flexibility index (Phi) is 5.04. The number of fused-ring (bicyclic) bond motifs is 1. The molecule has 5 heteroatoms. The van der Waals surface area contributed by atoms with Crippen LogP contribution in [0.2, 0.25) is 0 Å². The molecule has 0 saturated heterocycles. The van der Waals surface area contributed by atoms with Crippen LogP contribution in [0.5, 0.6) is 0 Å². The lowest BCUT2D eigenvalue weighted by atomic mass is 9.77. The van der Waals surface area contributed by atoms with Crippen molar-refractivity contribution in [3.05, 3.63) is 10.6 Å². The predicted octanol–water partition coefficient (Wildman–Crippen LogP) is 2.98. The van der Waals surface area contributed by atoms with E-state index in [1.165, 1.54) is 10.6 Å². The predicted molar refractivity (Wildman–Crippen MR) is 85.5 cm³/mol. The summed E-state index contributed by atoms with van der Waals surface area (Å²) >= 11 is 1.77. The van der Waals surface area contributed by atoms with Crippen LogP contribution in [0.3, 0.4) is 0 Å². The normalized spacial score (nSPS) is 20.8. The first kappa shape index (κ1) is 15.7. The van der Waals surface area contributed by atoms with Crippen molar-refractivity contribution >= 4 is 16.5 Å². The van der Waals surface area contributed by atoms with Crippen LogP contribution < -0.4 is 10.6 Å². The van der Waals surface area contributed by atoms with E-state index in [-0.39, 0.29) is 11.5 Å². The van der Waals surface area contributed by atoms with Crippen molar-refractivity contribution in [2.24, 2.45) is 11.1 Å². The zero-order valence-electron chi connectivity index (χ0n) is 13.1. The Balaban J connectivity index is 2.14. The number of ether oxygens (including phenoxy) is 1.